The molecule has 26 heavy (non-hydrogen) atoms. The second-order valence-corrected chi connectivity index (χ2v) is 6.48. The van der Waals surface area contributed by atoms with Gasteiger partial charge in [-0.1, -0.05) is 6.92 Å². The predicted octanol–water partition coefficient (Wildman–Crippen LogP) is 1.30. The molecule has 2 amide bonds. The van der Waals surface area contributed by atoms with Gasteiger partial charge in [-0.3, -0.25) is 24.6 Å². The lowest BCUT2D eigenvalue weighted by molar-refractivity contribution is -0.154. The molecule has 4 atom stereocenters. The van der Waals surface area contributed by atoms with E-state index in [0.717, 1.165) is 24.1 Å². The average molecular weight is 370 g/mol. The molecule has 0 unspecified atom stereocenters. The summed E-state index contributed by atoms with van der Waals surface area (Å²) >= 11 is 0. The van der Waals surface area contributed by atoms with E-state index in [1.54, 1.807) is 6.92 Å². The number of likely N-dealkylation sites (tertiary alicyclic amines) is 1. The zero-order chi connectivity index (χ0) is 19.4. The normalized spacial score (nSPS) is 30.7. The summed E-state index contributed by atoms with van der Waals surface area (Å²) in [6.45, 7) is 1.63. The molecule has 2 aliphatic rings. The fourth-order valence-electron chi connectivity index (χ4n) is 4.03. The number of ether oxygens (including phenoxy) is 1. The van der Waals surface area contributed by atoms with Gasteiger partial charge in [-0.15, -0.1) is 0 Å². The Kier molecular flexibility index (Phi) is 4.30. The summed E-state index contributed by atoms with van der Waals surface area (Å²) < 4.78 is 45.5. The van der Waals surface area contributed by atoms with Crippen molar-refractivity contribution in [2.75, 3.05) is 14.2 Å². The number of benzene rings is 1. The highest BCUT2D eigenvalue weighted by molar-refractivity contribution is 6.09. The summed E-state index contributed by atoms with van der Waals surface area (Å²) in [7, 11) is 2.43. The van der Waals surface area contributed by atoms with Crippen molar-refractivity contribution in [2.24, 2.45) is 11.8 Å². The van der Waals surface area contributed by atoms with E-state index in [1.807, 2.05) is 0 Å². The Morgan fingerprint density at radius 3 is 2.31 bits per heavy atom. The molecule has 140 valence electrons. The molecule has 0 spiro atoms. The third-order valence-electron chi connectivity index (χ3n) is 5.35. The molecule has 2 heterocycles. The first kappa shape index (κ1) is 18.4. The molecule has 1 N–H and O–H groups in total. The minimum absolute atomic E-state index is 0.0629. The Morgan fingerprint density at radius 1 is 1.23 bits per heavy atom. The number of nitrogens with zero attached hydrogens (tertiary/aromatic N) is 1. The maximum Gasteiger partial charge on any atom is 0.326 e. The summed E-state index contributed by atoms with van der Waals surface area (Å²) in [6.07, 6.45) is 0.107. The highest BCUT2D eigenvalue weighted by Crippen LogP contribution is 2.50. The quantitative estimate of drug-likeness (QED) is 0.493. The molecular formula is C17H17F3N2O4. The average Bonchev–Trinajstić information content (AvgIpc) is 3.09. The number of imide groups is 1. The standard InChI is InChI=1S/C17H17F3N2O4/c1-4-17(16(25)26-3)11-10(14(23)22(2)15(11)24)13(21-17)7-5-8(18)12(20)9(19)6-7/h5-6,10-11,13,21H,4H2,1-3H3/t10-,11-,13-,17-/m1/s1. The minimum atomic E-state index is -1.64. The number of amides is 2. The van der Waals surface area contributed by atoms with E-state index < -0.39 is 58.7 Å². The van der Waals surface area contributed by atoms with E-state index >= 15 is 0 Å². The summed E-state index contributed by atoms with van der Waals surface area (Å²) in [5.74, 6) is -8.53. The van der Waals surface area contributed by atoms with Gasteiger partial charge >= 0.3 is 5.97 Å². The summed E-state index contributed by atoms with van der Waals surface area (Å²) in [5.41, 5.74) is -1.59. The number of esters is 1. The number of carbonyl (C=O) groups excluding carboxylic acids is 3. The topological polar surface area (TPSA) is 75.7 Å². The zero-order valence-electron chi connectivity index (χ0n) is 14.3. The van der Waals surface area contributed by atoms with E-state index in [-0.39, 0.29) is 12.0 Å². The predicted molar refractivity (Wildman–Crippen MR) is 82.0 cm³/mol. The van der Waals surface area contributed by atoms with Crippen LogP contribution >= 0.6 is 0 Å². The first-order chi connectivity index (χ1) is 12.2. The van der Waals surface area contributed by atoms with Crippen molar-refractivity contribution in [1.29, 1.82) is 0 Å². The number of hydrogen-bond acceptors (Lipinski definition) is 5. The van der Waals surface area contributed by atoms with Gasteiger partial charge in [-0.2, -0.15) is 0 Å². The van der Waals surface area contributed by atoms with Crippen molar-refractivity contribution in [2.45, 2.75) is 24.9 Å². The van der Waals surface area contributed by atoms with Crippen LogP contribution in [-0.2, 0) is 19.1 Å². The summed E-state index contributed by atoms with van der Waals surface area (Å²) in [6, 6.07) is 0.461. The third-order valence-corrected chi connectivity index (χ3v) is 5.35. The summed E-state index contributed by atoms with van der Waals surface area (Å²) in [5, 5.41) is 2.88. The number of nitrogens with one attached hydrogen (secondary N) is 1. The van der Waals surface area contributed by atoms with Crippen LogP contribution in [0.3, 0.4) is 0 Å². The lowest BCUT2D eigenvalue weighted by Crippen LogP contribution is -2.55. The van der Waals surface area contributed by atoms with Crippen LogP contribution in [0, 0.1) is 29.3 Å². The van der Waals surface area contributed by atoms with E-state index in [2.05, 4.69) is 5.32 Å². The molecule has 2 saturated heterocycles. The monoisotopic (exact) mass is 370 g/mol. The Labute approximate surface area is 147 Å². The Bertz CT molecular complexity index is 792. The number of hydrogen-bond donors (Lipinski definition) is 1. The number of fused-ring (bicyclic) bond motifs is 1. The van der Waals surface area contributed by atoms with Crippen molar-refractivity contribution in [3.63, 3.8) is 0 Å². The number of rotatable bonds is 3. The van der Waals surface area contributed by atoms with Crippen molar-refractivity contribution in [3.8, 4) is 0 Å². The first-order valence-electron chi connectivity index (χ1n) is 8.01. The van der Waals surface area contributed by atoms with Crippen molar-refractivity contribution >= 4 is 17.8 Å². The van der Waals surface area contributed by atoms with Gasteiger partial charge in [0, 0.05) is 13.1 Å². The number of halogens is 3. The third kappa shape index (κ3) is 2.26. The van der Waals surface area contributed by atoms with Crippen LogP contribution in [-0.4, -0.2) is 42.4 Å². The fraction of sp³-hybridized carbons (Fsp3) is 0.471. The van der Waals surface area contributed by atoms with E-state index in [4.69, 9.17) is 4.74 Å². The first-order valence-corrected chi connectivity index (χ1v) is 8.01. The van der Waals surface area contributed by atoms with Gasteiger partial charge in [-0.05, 0) is 24.1 Å². The van der Waals surface area contributed by atoms with Gasteiger partial charge in [0.15, 0.2) is 17.5 Å². The lowest BCUT2D eigenvalue weighted by Gasteiger charge is -2.30. The van der Waals surface area contributed by atoms with Crippen LogP contribution in [0.4, 0.5) is 13.2 Å². The molecule has 2 aliphatic heterocycles. The lowest BCUT2D eigenvalue weighted by atomic mass is 9.78. The molecule has 0 aliphatic carbocycles. The van der Waals surface area contributed by atoms with Crippen LogP contribution in [0.5, 0.6) is 0 Å². The Hall–Kier alpha value is -2.42. The van der Waals surface area contributed by atoms with Crippen LogP contribution < -0.4 is 5.32 Å². The van der Waals surface area contributed by atoms with Gasteiger partial charge in [0.25, 0.3) is 0 Å². The number of methoxy groups -OCH3 is 1. The molecule has 1 aromatic rings. The Balaban J connectivity index is 2.17. The maximum absolute atomic E-state index is 13.7. The SMILES string of the molecule is CC[C@@]1(C(=O)OC)N[C@H](c2cc(F)c(F)c(F)c2)[C@@H]2C(=O)N(C)C(=O)[C@@H]21. The van der Waals surface area contributed by atoms with Crippen LogP contribution in [0.1, 0.15) is 24.9 Å². The highest BCUT2D eigenvalue weighted by atomic mass is 19.2. The molecule has 0 bridgehead atoms. The minimum Gasteiger partial charge on any atom is -0.468 e. The van der Waals surface area contributed by atoms with Gasteiger partial charge in [0.05, 0.1) is 18.9 Å². The van der Waals surface area contributed by atoms with Crippen molar-refractivity contribution in [1.82, 2.24) is 10.2 Å². The van der Waals surface area contributed by atoms with E-state index in [9.17, 15) is 27.6 Å². The molecule has 3 rings (SSSR count). The second kappa shape index (κ2) is 6.08. The molecule has 6 nitrogen and oxygen atoms in total. The maximum atomic E-state index is 13.7. The smallest absolute Gasteiger partial charge is 0.326 e. The fourth-order valence-corrected chi connectivity index (χ4v) is 4.03. The Morgan fingerprint density at radius 2 is 1.81 bits per heavy atom. The van der Waals surface area contributed by atoms with Gasteiger partial charge < -0.3 is 4.74 Å². The molecule has 1 aromatic carbocycles. The second-order valence-electron chi connectivity index (χ2n) is 6.48. The molecule has 9 heteroatoms. The van der Waals surface area contributed by atoms with Crippen LogP contribution in [0.25, 0.3) is 0 Å². The van der Waals surface area contributed by atoms with Crippen molar-refractivity contribution < 1.29 is 32.3 Å². The van der Waals surface area contributed by atoms with Crippen molar-refractivity contribution in [3.05, 3.63) is 35.1 Å². The van der Waals surface area contributed by atoms with E-state index in [1.165, 1.54) is 7.05 Å². The highest BCUT2D eigenvalue weighted by Gasteiger charge is 2.67. The molecule has 0 saturated carbocycles. The van der Waals surface area contributed by atoms with Gasteiger partial charge in [0.1, 0.15) is 5.54 Å². The molecule has 2 fully saturated rings. The molecule has 0 aromatic heterocycles. The zero-order valence-corrected chi connectivity index (χ0v) is 14.3. The van der Waals surface area contributed by atoms with Crippen LogP contribution in [0.2, 0.25) is 0 Å². The molecular weight excluding hydrogens is 353 g/mol. The summed E-state index contributed by atoms with van der Waals surface area (Å²) in [4.78, 5) is 38.5. The van der Waals surface area contributed by atoms with E-state index in [0.29, 0.717) is 0 Å². The molecule has 0 radical (unpaired) electrons. The van der Waals surface area contributed by atoms with Gasteiger partial charge in [0.2, 0.25) is 11.8 Å². The van der Waals surface area contributed by atoms with Crippen LogP contribution in [0.15, 0.2) is 12.1 Å². The van der Waals surface area contributed by atoms with Gasteiger partial charge in [-0.25, -0.2) is 13.2 Å². The largest absolute Gasteiger partial charge is 0.468 e. The number of carbonyl (C=O) groups is 3.